The van der Waals surface area contributed by atoms with Gasteiger partial charge in [0.25, 0.3) is 0 Å². The molecule has 182 valence electrons. The molecule has 0 amide bonds. The van der Waals surface area contributed by atoms with Gasteiger partial charge in [0.2, 0.25) is 0 Å². The van der Waals surface area contributed by atoms with Gasteiger partial charge in [-0.25, -0.2) is 4.79 Å². The predicted octanol–water partition coefficient (Wildman–Crippen LogP) is 3.95. The Kier molecular flexibility index (Phi) is 7.52. The van der Waals surface area contributed by atoms with Gasteiger partial charge in [-0.3, -0.25) is 9.59 Å². The number of rotatable bonds is 4. The Morgan fingerprint density at radius 1 is 1.21 bits per heavy atom. The van der Waals surface area contributed by atoms with Crippen LogP contribution in [0.5, 0.6) is 0 Å². The molecular weight excluding hydrogens is 424 g/mol. The number of carbonyl (C=O) groups excluding carboxylic acids is 3. The van der Waals surface area contributed by atoms with E-state index in [-0.39, 0.29) is 12.4 Å². The molecule has 0 aromatic heterocycles. The van der Waals surface area contributed by atoms with Crippen LogP contribution >= 0.6 is 0 Å². The van der Waals surface area contributed by atoms with E-state index in [2.05, 4.69) is 0 Å². The summed E-state index contributed by atoms with van der Waals surface area (Å²) >= 11 is 0. The maximum Gasteiger partial charge on any atom is 0.334 e. The number of allylic oxidation sites excluding steroid dienone is 1. The summed E-state index contributed by atoms with van der Waals surface area (Å²) in [4.78, 5) is 37.1. The lowest BCUT2D eigenvalue weighted by molar-refractivity contribution is -0.185. The third-order valence-electron chi connectivity index (χ3n) is 7.39. The summed E-state index contributed by atoms with van der Waals surface area (Å²) < 4.78 is 17.4. The Morgan fingerprint density at radius 3 is 2.55 bits per heavy atom. The van der Waals surface area contributed by atoms with Crippen molar-refractivity contribution in [1.29, 1.82) is 0 Å². The largest absolute Gasteiger partial charge is 0.462 e. The fraction of sp³-hybridized carbons (Fsp3) is 0.654. The number of fused-ring (bicyclic) bond motifs is 2. The van der Waals surface area contributed by atoms with Crippen molar-refractivity contribution in [2.45, 2.75) is 98.1 Å². The van der Waals surface area contributed by atoms with Gasteiger partial charge in [-0.2, -0.15) is 0 Å². The number of esters is 3. The lowest BCUT2D eigenvalue weighted by atomic mass is 9.58. The van der Waals surface area contributed by atoms with E-state index in [1.807, 2.05) is 39.8 Å². The third-order valence-corrected chi connectivity index (χ3v) is 7.39. The summed E-state index contributed by atoms with van der Waals surface area (Å²) in [5, 5.41) is 11.8. The van der Waals surface area contributed by atoms with Gasteiger partial charge in [0.05, 0.1) is 11.5 Å². The molecule has 0 spiro atoms. The lowest BCUT2D eigenvalue weighted by Gasteiger charge is -2.52. The molecule has 0 aromatic rings. The van der Waals surface area contributed by atoms with Gasteiger partial charge in [-0.05, 0) is 46.1 Å². The van der Waals surface area contributed by atoms with Crippen LogP contribution in [-0.4, -0.2) is 47.4 Å². The molecule has 33 heavy (non-hydrogen) atoms. The van der Waals surface area contributed by atoms with Gasteiger partial charge in [0.1, 0.15) is 18.3 Å². The second-order valence-corrected chi connectivity index (χ2v) is 9.76. The van der Waals surface area contributed by atoms with E-state index in [1.54, 1.807) is 6.92 Å². The first kappa shape index (κ1) is 25.2. The summed E-state index contributed by atoms with van der Waals surface area (Å²) in [5.74, 6) is -1.72. The van der Waals surface area contributed by atoms with Gasteiger partial charge < -0.3 is 19.3 Å². The molecule has 3 rings (SSSR count). The second-order valence-electron chi connectivity index (χ2n) is 9.76. The standard InChI is InChI=1S/C26H36O7/c1-7-8-21(28)33-20-11-9-14(2)13-18-22(16(4)25(30)32-18)24(29)23-15(3)10-12-19(26(20,23)6)31-17(5)27/h10,13,18-20,23-24,29H,7-9,11-12H2,1-6H3/b14-13-/t18-,19-,20-,23+,24+,26+/m0/s1. The van der Waals surface area contributed by atoms with Crippen molar-refractivity contribution in [2.24, 2.45) is 11.3 Å². The molecule has 3 aliphatic rings. The van der Waals surface area contributed by atoms with Gasteiger partial charge in [-0.1, -0.05) is 31.1 Å². The molecule has 0 unspecified atom stereocenters. The molecule has 1 N–H and O–H groups in total. The van der Waals surface area contributed by atoms with Crippen molar-refractivity contribution >= 4 is 17.9 Å². The molecule has 1 aliphatic heterocycles. The van der Waals surface area contributed by atoms with Crippen LogP contribution in [0.15, 0.2) is 34.4 Å². The highest BCUT2D eigenvalue weighted by Gasteiger charge is 2.57. The average molecular weight is 461 g/mol. The van der Waals surface area contributed by atoms with Crippen molar-refractivity contribution in [3.8, 4) is 0 Å². The number of aliphatic hydroxyl groups excluding tert-OH is 1. The summed E-state index contributed by atoms with van der Waals surface area (Å²) in [6.07, 6.45) is 3.44. The Balaban J connectivity index is 2.20. The van der Waals surface area contributed by atoms with Crippen LogP contribution in [0.3, 0.4) is 0 Å². The van der Waals surface area contributed by atoms with Crippen molar-refractivity contribution in [3.05, 3.63) is 34.4 Å². The topological polar surface area (TPSA) is 99.1 Å². The highest BCUT2D eigenvalue weighted by Crippen LogP contribution is 2.52. The summed E-state index contributed by atoms with van der Waals surface area (Å²) in [6, 6.07) is 0. The second kappa shape index (κ2) is 9.84. The molecule has 0 aromatic carbocycles. The average Bonchev–Trinajstić information content (AvgIpc) is 2.99. The first-order valence-electron chi connectivity index (χ1n) is 11.8. The van der Waals surface area contributed by atoms with Crippen LogP contribution in [0.1, 0.15) is 73.6 Å². The quantitative estimate of drug-likeness (QED) is 0.385. The van der Waals surface area contributed by atoms with E-state index in [0.717, 1.165) is 11.1 Å². The first-order chi connectivity index (χ1) is 15.5. The number of hydrogen-bond acceptors (Lipinski definition) is 7. The zero-order chi connectivity index (χ0) is 24.5. The first-order valence-corrected chi connectivity index (χ1v) is 11.8. The van der Waals surface area contributed by atoms with E-state index >= 15 is 0 Å². The molecule has 1 heterocycles. The molecule has 0 saturated carbocycles. The summed E-state index contributed by atoms with van der Waals surface area (Å²) in [7, 11) is 0. The maximum absolute atomic E-state index is 12.6. The molecule has 0 fully saturated rings. The van der Waals surface area contributed by atoms with Gasteiger partial charge in [0, 0.05) is 36.8 Å². The highest BCUT2D eigenvalue weighted by molar-refractivity contribution is 5.92. The zero-order valence-corrected chi connectivity index (χ0v) is 20.5. The van der Waals surface area contributed by atoms with Crippen molar-refractivity contribution in [1.82, 2.24) is 0 Å². The third kappa shape index (κ3) is 4.79. The van der Waals surface area contributed by atoms with E-state index in [4.69, 9.17) is 14.2 Å². The molecule has 2 aliphatic carbocycles. The Labute approximate surface area is 195 Å². The SMILES string of the molecule is CCCC(=O)O[C@H]1CC/C(C)=C\[C@@H]2OC(=O)C(C)=C2[C@@H](O)[C@H]2C(C)=CC[C@H](OC(C)=O)[C@]12C. The van der Waals surface area contributed by atoms with Crippen molar-refractivity contribution < 1.29 is 33.7 Å². The Morgan fingerprint density at radius 2 is 1.91 bits per heavy atom. The molecule has 0 radical (unpaired) electrons. The monoisotopic (exact) mass is 460 g/mol. The molecular formula is C26H36O7. The van der Waals surface area contributed by atoms with E-state index in [9.17, 15) is 19.5 Å². The van der Waals surface area contributed by atoms with Gasteiger partial charge in [0.15, 0.2) is 0 Å². The Hall–Kier alpha value is -2.41. The van der Waals surface area contributed by atoms with Crippen LogP contribution in [0.25, 0.3) is 0 Å². The molecule has 0 saturated heterocycles. The number of hydrogen-bond donors (Lipinski definition) is 1. The normalized spacial score (nSPS) is 36.0. The van der Waals surface area contributed by atoms with Crippen LogP contribution in [0.2, 0.25) is 0 Å². The maximum atomic E-state index is 12.6. The lowest BCUT2D eigenvalue weighted by Crippen LogP contribution is -2.57. The van der Waals surface area contributed by atoms with Crippen LogP contribution in [0, 0.1) is 11.3 Å². The summed E-state index contributed by atoms with van der Waals surface area (Å²) in [5.41, 5.74) is 1.88. The minimum absolute atomic E-state index is 0.288. The van der Waals surface area contributed by atoms with Crippen LogP contribution in [-0.2, 0) is 28.6 Å². The summed E-state index contributed by atoms with van der Waals surface area (Å²) in [6.45, 7) is 10.7. The van der Waals surface area contributed by atoms with Crippen LogP contribution < -0.4 is 0 Å². The minimum atomic E-state index is -1.07. The molecule has 6 atom stereocenters. The van der Waals surface area contributed by atoms with Gasteiger partial charge >= 0.3 is 17.9 Å². The van der Waals surface area contributed by atoms with Crippen LogP contribution in [0.4, 0.5) is 0 Å². The van der Waals surface area contributed by atoms with E-state index in [0.29, 0.717) is 36.8 Å². The minimum Gasteiger partial charge on any atom is -0.462 e. The fourth-order valence-electron chi connectivity index (χ4n) is 5.65. The molecule has 7 heteroatoms. The molecule has 0 bridgehead atoms. The number of aliphatic hydroxyl groups is 1. The number of carbonyl (C=O) groups is 3. The molecule has 7 nitrogen and oxygen atoms in total. The highest BCUT2D eigenvalue weighted by atomic mass is 16.6. The number of ether oxygens (including phenoxy) is 3. The fourth-order valence-corrected chi connectivity index (χ4v) is 5.65. The van der Waals surface area contributed by atoms with Crippen molar-refractivity contribution in [2.75, 3.05) is 0 Å². The van der Waals surface area contributed by atoms with Crippen molar-refractivity contribution in [3.63, 3.8) is 0 Å². The van der Waals surface area contributed by atoms with E-state index in [1.165, 1.54) is 6.92 Å². The predicted molar refractivity (Wildman–Crippen MR) is 122 cm³/mol. The van der Waals surface area contributed by atoms with Gasteiger partial charge in [-0.15, -0.1) is 0 Å². The Bertz CT molecular complexity index is 912. The zero-order valence-electron chi connectivity index (χ0n) is 20.5. The smallest absolute Gasteiger partial charge is 0.334 e. The van der Waals surface area contributed by atoms with E-state index < -0.39 is 47.7 Å².